The zero-order valence-corrected chi connectivity index (χ0v) is 17.2. The van der Waals surface area contributed by atoms with E-state index >= 15 is 0 Å². The van der Waals surface area contributed by atoms with Gasteiger partial charge in [0.2, 0.25) is 0 Å². The minimum absolute atomic E-state index is 0.136. The van der Waals surface area contributed by atoms with E-state index in [1.54, 1.807) is 18.0 Å². The Bertz CT molecular complexity index is 1150. The summed E-state index contributed by atoms with van der Waals surface area (Å²) in [5.74, 6) is -1.12. The number of hydrogen-bond acceptors (Lipinski definition) is 5. The molecule has 5 rings (SSSR count). The van der Waals surface area contributed by atoms with Crippen molar-refractivity contribution in [3.8, 4) is 11.3 Å². The quantitative estimate of drug-likeness (QED) is 0.647. The number of carbonyl (C=O) groups is 1. The Kier molecular flexibility index (Phi) is 4.88. The first kappa shape index (κ1) is 19.6. The first-order chi connectivity index (χ1) is 15.0. The number of hydrogen-bond donors (Lipinski definition) is 0. The van der Waals surface area contributed by atoms with Gasteiger partial charge >= 0.3 is 0 Å². The molecule has 3 heterocycles. The summed E-state index contributed by atoms with van der Waals surface area (Å²) in [5.41, 5.74) is 3.64. The number of nitrogens with zero attached hydrogens (tertiary/aromatic N) is 6. The minimum atomic E-state index is -0.943. The van der Waals surface area contributed by atoms with Crippen LogP contribution in [0.2, 0.25) is 0 Å². The highest BCUT2D eigenvalue weighted by atomic mass is 19.2. The van der Waals surface area contributed by atoms with Crippen LogP contribution in [0.15, 0.2) is 30.3 Å². The number of anilines is 1. The molecule has 7 nitrogen and oxygen atoms in total. The van der Waals surface area contributed by atoms with Crippen LogP contribution in [0.5, 0.6) is 0 Å². The second-order valence-corrected chi connectivity index (χ2v) is 7.97. The maximum absolute atomic E-state index is 13.6. The molecule has 0 N–H and O–H groups in total. The van der Waals surface area contributed by atoms with Gasteiger partial charge in [0.25, 0.3) is 5.91 Å². The highest BCUT2D eigenvalue weighted by Gasteiger charge is 2.26. The summed E-state index contributed by atoms with van der Waals surface area (Å²) in [6.07, 6.45) is 3.19. The van der Waals surface area contributed by atoms with Crippen LogP contribution >= 0.6 is 0 Å². The third-order valence-electron chi connectivity index (χ3n) is 6.01. The van der Waals surface area contributed by atoms with E-state index in [4.69, 9.17) is 0 Å². The minimum Gasteiger partial charge on any atom is -0.352 e. The van der Waals surface area contributed by atoms with Crippen molar-refractivity contribution < 1.29 is 13.6 Å². The monoisotopic (exact) mass is 424 g/mol. The van der Waals surface area contributed by atoms with E-state index in [0.29, 0.717) is 43.1 Å². The highest BCUT2D eigenvalue weighted by molar-refractivity contribution is 5.94. The van der Waals surface area contributed by atoms with Crippen LogP contribution in [0.3, 0.4) is 0 Å². The molecule has 1 saturated heterocycles. The fourth-order valence-corrected chi connectivity index (χ4v) is 4.24. The van der Waals surface area contributed by atoms with Gasteiger partial charge < -0.3 is 9.80 Å². The van der Waals surface area contributed by atoms with Crippen molar-refractivity contribution in [1.29, 1.82) is 0 Å². The third-order valence-corrected chi connectivity index (χ3v) is 6.01. The first-order valence-corrected chi connectivity index (χ1v) is 10.4. The van der Waals surface area contributed by atoms with E-state index in [2.05, 4.69) is 26.3 Å². The number of halogens is 2. The predicted molar refractivity (Wildman–Crippen MR) is 111 cm³/mol. The Morgan fingerprint density at radius 3 is 2.55 bits per heavy atom. The van der Waals surface area contributed by atoms with Gasteiger partial charge in [-0.25, -0.2) is 8.78 Å². The number of benzene rings is 1. The summed E-state index contributed by atoms with van der Waals surface area (Å²) in [7, 11) is 1.67. The van der Waals surface area contributed by atoms with Crippen molar-refractivity contribution in [3.05, 3.63) is 58.9 Å². The molecule has 0 atom stereocenters. The van der Waals surface area contributed by atoms with Crippen molar-refractivity contribution in [1.82, 2.24) is 24.9 Å². The summed E-state index contributed by atoms with van der Waals surface area (Å²) in [6.45, 7) is 2.47. The molecule has 0 radical (unpaired) electrons. The summed E-state index contributed by atoms with van der Waals surface area (Å²) in [5, 5.41) is 13.0. The molecule has 0 unspecified atom stereocenters. The molecule has 0 spiro atoms. The molecular formula is C22H22F2N6O. The Labute approximate surface area is 178 Å². The number of carbonyl (C=O) groups excluding carboxylic acids is 1. The van der Waals surface area contributed by atoms with Crippen molar-refractivity contribution in [2.75, 3.05) is 31.1 Å². The number of aryl methyl sites for hydroxylation is 3. The zero-order valence-electron chi connectivity index (χ0n) is 17.2. The molecule has 160 valence electrons. The van der Waals surface area contributed by atoms with Crippen molar-refractivity contribution in [2.45, 2.75) is 19.3 Å². The standard InChI is InChI=1S/C22H22F2N6O/c1-28-20(13-19(27-28)15-5-6-16(23)17(24)11-15)22(31)30-9-7-29(8-10-30)21-12-14-3-2-4-18(14)25-26-21/h5-6,11-13H,2-4,7-10H2,1H3. The molecule has 1 aliphatic carbocycles. The lowest BCUT2D eigenvalue weighted by Gasteiger charge is -2.35. The normalized spacial score (nSPS) is 16.0. The third kappa shape index (κ3) is 3.64. The number of aromatic nitrogens is 4. The Morgan fingerprint density at radius 1 is 0.968 bits per heavy atom. The lowest BCUT2D eigenvalue weighted by molar-refractivity contribution is 0.0735. The van der Waals surface area contributed by atoms with Gasteiger partial charge in [-0.2, -0.15) is 10.2 Å². The molecule has 2 aliphatic rings. The van der Waals surface area contributed by atoms with E-state index in [-0.39, 0.29) is 5.91 Å². The van der Waals surface area contributed by atoms with Crippen LogP contribution < -0.4 is 4.90 Å². The van der Waals surface area contributed by atoms with Crippen LogP contribution in [0.25, 0.3) is 11.3 Å². The van der Waals surface area contributed by atoms with Gasteiger partial charge in [-0.1, -0.05) is 0 Å². The summed E-state index contributed by atoms with van der Waals surface area (Å²) < 4.78 is 28.3. The lowest BCUT2D eigenvalue weighted by atomic mass is 10.1. The van der Waals surface area contributed by atoms with Gasteiger partial charge in [-0.05, 0) is 55.2 Å². The van der Waals surface area contributed by atoms with E-state index in [1.165, 1.54) is 16.3 Å². The molecule has 1 amide bonds. The summed E-state index contributed by atoms with van der Waals surface area (Å²) >= 11 is 0. The second kappa shape index (κ2) is 7.72. The molecule has 1 aliphatic heterocycles. The Hall–Kier alpha value is -3.36. The van der Waals surface area contributed by atoms with Crippen molar-refractivity contribution in [3.63, 3.8) is 0 Å². The smallest absolute Gasteiger partial charge is 0.272 e. The molecule has 9 heteroatoms. The van der Waals surface area contributed by atoms with Gasteiger partial charge in [-0.3, -0.25) is 9.48 Å². The van der Waals surface area contributed by atoms with Crippen molar-refractivity contribution in [2.24, 2.45) is 7.05 Å². The number of amides is 1. The van der Waals surface area contributed by atoms with Gasteiger partial charge in [0.1, 0.15) is 5.69 Å². The van der Waals surface area contributed by atoms with Crippen LogP contribution in [-0.2, 0) is 19.9 Å². The first-order valence-electron chi connectivity index (χ1n) is 10.4. The molecule has 31 heavy (non-hydrogen) atoms. The average Bonchev–Trinajstić information content (AvgIpc) is 3.41. The van der Waals surface area contributed by atoms with Crippen LogP contribution in [0, 0.1) is 11.6 Å². The molecule has 3 aromatic rings. The van der Waals surface area contributed by atoms with E-state index in [1.807, 2.05) is 0 Å². The van der Waals surface area contributed by atoms with E-state index < -0.39 is 11.6 Å². The van der Waals surface area contributed by atoms with Gasteiger partial charge in [0.05, 0.1) is 11.4 Å². The topological polar surface area (TPSA) is 67.2 Å². The number of rotatable bonds is 3. The molecule has 0 saturated carbocycles. The molecule has 1 aromatic carbocycles. The SMILES string of the molecule is Cn1nc(-c2ccc(F)c(F)c2)cc1C(=O)N1CCN(c2cc3c(nn2)CCC3)CC1. The largest absolute Gasteiger partial charge is 0.352 e. The summed E-state index contributed by atoms with van der Waals surface area (Å²) in [4.78, 5) is 17.0. The van der Waals surface area contributed by atoms with E-state index in [0.717, 1.165) is 42.9 Å². The van der Waals surface area contributed by atoms with Gasteiger partial charge in [0, 0.05) is 38.8 Å². The fraction of sp³-hybridized carbons (Fsp3) is 0.364. The fourth-order valence-electron chi connectivity index (χ4n) is 4.24. The molecule has 2 aromatic heterocycles. The van der Waals surface area contributed by atoms with Crippen LogP contribution in [0.4, 0.5) is 14.6 Å². The summed E-state index contributed by atoms with van der Waals surface area (Å²) in [6, 6.07) is 7.34. The van der Waals surface area contributed by atoms with Gasteiger partial charge in [0.15, 0.2) is 17.5 Å². The maximum Gasteiger partial charge on any atom is 0.272 e. The molecule has 0 bridgehead atoms. The second-order valence-electron chi connectivity index (χ2n) is 7.97. The number of fused-ring (bicyclic) bond motifs is 1. The molecular weight excluding hydrogens is 402 g/mol. The number of piperazine rings is 1. The Morgan fingerprint density at radius 2 is 1.77 bits per heavy atom. The zero-order chi connectivity index (χ0) is 21.5. The van der Waals surface area contributed by atoms with Crippen LogP contribution in [-0.4, -0.2) is 57.0 Å². The lowest BCUT2D eigenvalue weighted by Crippen LogP contribution is -2.49. The predicted octanol–water partition coefficient (Wildman–Crippen LogP) is 2.61. The highest BCUT2D eigenvalue weighted by Crippen LogP contribution is 2.25. The molecule has 1 fully saturated rings. The van der Waals surface area contributed by atoms with Gasteiger partial charge in [-0.15, -0.1) is 5.10 Å². The van der Waals surface area contributed by atoms with Crippen LogP contribution in [0.1, 0.15) is 28.2 Å². The Balaban J connectivity index is 1.28. The van der Waals surface area contributed by atoms with E-state index in [9.17, 15) is 13.6 Å². The maximum atomic E-state index is 13.6. The van der Waals surface area contributed by atoms with Crippen molar-refractivity contribution >= 4 is 11.7 Å². The average molecular weight is 424 g/mol.